The standard InChI is InChI=1S/C15H23N3O/c1-15(2)7-8-18(10-15)14(19)12-9-11(16)5-6-13(12)17(3)4/h5-6,9H,7-8,10,16H2,1-4H3. The van der Waals surface area contributed by atoms with Gasteiger partial charge in [0.25, 0.3) is 5.91 Å². The fourth-order valence-corrected chi connectivity index (χ4v) is 2.57. The van der Waals surface area contributed by atoms with Crippen molar-refractivity contribution in [3.05, 3.63) is 23.8 Å². The van der Waals surface area contributed by atoms with E-state index in [4.69, 9.17) is 5.73 Å². The van der Waals surface area contributed by atoms with Crippen LogP contribution < -0.4 is 10.6 Å². The summed E-state index contributed by atoms with van der Waals surface area (Å²) in [5.41, 5.74) is 8.29. The molecule has 1 amide bonds. The lowest BCUT2D eigenvalue weighted by atomic mass is 9.93. The molecule has 4 nitrogen and oxygen atoms in total. The molecular formula is C15H23N3O. The van der Waals surface area contributed by atoms with E-state index in [1.54, 1.807) is 6.07 Å². The normalized spacial score (nSPS) is 17.6. The number of amides is 1. The number of benzene rings is 1. The summed E-state index contributed by atoms with van der Waals surface area (Å²) in [5, 5.41) is 0. The van der Waals surface area contributed by atoms with E-state index in [1.165, 1.54) is 0 Å². The van der Waals surface area contributed by atoms with Gasteiger partial charge in [-0.15, -0.1) is 0 Å². The van der Waals surface area contributed by atoms with Gasteiger partial charge in [-0.3, -0.25) is 4.79 Å². The van der Waals surface area contributed by atoms with Crippen molar-refractivity contribution < 1.29 is 4.79 Å². The molecule has 0 spiro atoms. The molecule has 0 aliphatic carbocycles. The smallest absolute Gasteiger partial charge is 0.256 e. The minimum absolute atomic E-state index is 0.0848. The molecule has 19 heavy (non-hydrogen) atoms. The summed E-state index contributed by atoms with van der Waals surface area (Å²) in [4.78, 5) is 16.5. The molecule has 0 unspecified atom stereocenters. The average Bonchev–Trinajstić information content (AvgIpc) is 2.68. The number of nitrogens with two attached hydrogens (primary N) is 1. The fourth-order valence-electron chi connectivity index (χ4n) is 2.57. The van der Waals surface area contributed by atoms with Crippen molar-refractivity contribution in [1.29, 1.82) is 0 Å². The van der Waals surface area contributed by atoms with Gasteiger partial charge in [-0.2, -0.15) is 0 Å². The lowest BCUT2D eigenvalue weighted by Crippen LogP contribution is -2.31. The largest absolute Gasteiger partial charge is 0.399 e. The molecule has 0 atom stereocenters. The van der Waals surface area contributed by atoms with Gasteiger partial charge in [-0.1, -0.05) is 13.8 Å². The zero-order valence-electron chi connectivity index (χ0n) is 12.2. The predicted octanol–water partition coefficient (Wildman–Crippen LogP) is 2.21. The van der Waals surface area contributed by atoms with Gasteiger partial charge in [0.05, 0.1) is 5.56 Å². The molecular weight excluding hydrogens is 238 g/mol. The Balaban J connectivity index is 2.31. The van der Waals surface area contributed by atoms with Crippen LogP contribution in [0.4, 0.5) is 11.4 Å². The third-order valence-electron chi connectivity index (χ3n) is 3.70. The summed E-state index contributed by atoms with van der Waals surface area (Å²) in [7, 11) is 3.88. The zero-order chi connectivity index (χ0) is 14.2. The Kier molecular flexibility index (Phi) is 3.43. The van der Waals surface area contributed by atoms with Crippen LogP contribution in [-0.4, -0.2) is 38.0 Å². The zero-order valence-corrected chi connectivity index (χ0v) is 12.2. The number of anilines is 2. The maximum atomic E-state index is 12.7. The number of nitrogens with zero attached hydrogens (tertiary/aromatic N) is 2. The Labute approximate surface area is 115 Å². The van der Waals surface area contributed by atoms with E-state index in [0.717, 1.165) is 25.2 Å². The van der Waals surface area contributed by atoms with E-state index >= 15 is 0 Å². The van der Waals surface area contributed by atoms with Crippen molar-refractivity contribution in [2.24, 2.45) is 5.41 Å². The van der Waals surface area contributed by atoms with Gasteiger partial charge >= 0.3 is 0 Å². The van der Waals surface area contributed by atoms with E-state index < -0.39 is 0 Å². The number of hydrogen-bond acceptors (Lipinski definition) is 3. The highest BCUT2D eigenvalue weighted by molar-refractivity contribution is 6.00. The molecule has 104 valence electrons. The van der Waals surface area contributed by atoms with Crippen LogP contribution >= 0.6 is 0 Å². The molecule has 1 aromatic carbocycles. The van der Waals surface area contributed by atoms with Gasteiger partial charge in [0.1, 0.15) is 0 Å². The SMILES string of the molecule is CN(C)c1ccc(N)cc1C(=O)N1CCC(C)(C)C1. The highest BCUT2D eigenvalue weighted by Gasteiger charge is 2.33. The minimum atomic E-state index is 0.0848. The second kappa shape index (κ2) is 4.76. The first-order chi connectivity index (χ1) is 8.80. The monoisotopic (exact) mass is 261 g/mol. The second-order valence-corrected chi connectivity index (χ2v) is 6.31. The van der Waals surface area contributed by atoms with Crippen LogP contribution in [0.3, 0.4) is 0 Å². The van der Waals surface area contributed by atoms with Crippen molar-refractivity contribution in [2.75, 3.05) is 37.8 Å². The Hall–Kier alpha value is -1.71. The number of nitrogen functional groups attached to an aromatic ring is 1. The summed E-state index contributed by atoms with van der Waals surface area (Å²) in [6, 6.07) is 5.52. The predicted molar refractivity (Wildman–Crippen MR) is 79.5 cm³/mol. The van der Waals surface area contributed by atoms with Gasteiger partial charge in [0.15, 0.2) is 0 Å². The van der Waals surface area contributed by atoms with Gasteiger partial charge in [0.2, 0.25) is 0 Å². The lowest BCUT2D eigenvalue weighted by molar-refractivity contribution is 0.0779. The highest BCUT2D eigenvalue weighted by atomic mass is 16.2. The quantitative estimate of drug-likeness (QED) is 0.830. The molecule has 2 N–H and O–H groups in total. The average molecular weight is 261 g/mol. The second-order valence-electron chi connectivity index (χ2n) is 6.31. The molecule has 1 aliphatic rings. The summed E-state index contributed by atoms with van der Waals surface area (Å²) < 4.78 is 0. The van der Waals surface area contributed by atoms with Gasteiger partial charge in [-0.25, -0.2) is 0 Å². The number of carbonyl (C=O) groups excluding carboxylic acids is 1. The van der Waals surface area contributed by atoms with Crippen molar-refractivity contribution in [3.63, 3.8) is 0 Å². The van der Waals surface area contributed by atoms with Gasteiger partial charge in [-0.05, 0) is 30.0 Å². The molecule has 0 aromatic heterocycles. The molecule has 2 rings (SSSR count). The maximum Gasteiger partial charge on any atom is 0.256 e. The lowest BCUT2D eigenvalue weighted by Gasteiger charge is -2.23. The Morgan fingerprint density at radius 3 is 2.58 bits per heavy atom. The first-order valence-electron chi connectivity index (χ1n) is 6.66. The van der Waals surface area contributed by atoms with Crippen LogP contribution in [-0.2, 0) is 0 Å². The summed E-state index contributed by atoms with van der Waals surface area (Å²) >= 11 is 0. The first kappa shape index (κ1) is 13.7. The number of rotatable bonds is 2. The van der Waals surface area contributed by atoms with E-state index in [0.29, 0.717) is 11.3 Å². The molecule has 1 heterocycles. The van der Waals surface area contributed by atoms with E-state index in [1.807, 2.05) is 36.0 Å². The van der Waals surface area contributed by atoms with Gasteiger partial charge < -0.3 is 15.5 Å². The van der Waals surface area contributed by atoms with Gasteiger partial charge in [0, 0.05) is 38.6 Å². The third-order valence-corrected chi connectivity index (χ3v) is 3.70. The van der Waals surface area contributed by atoms with E-state index in [9.17, 15) is 4.79 Å². The molecule has 0 radical (unpaired) electrons. The third kappa shape index (κ3) is 2.83. The van der Waals surface area contributed by atoms with Crippen LogP contribution in [0.5, 0.6) is 0 Å². The summed E-state index contributed by atoms with van der Waals surface area (Å²) in [6.07, 6.45) is 1.05. The molecule has 1 fully saturated rings. The van der Waals surface area contributed by atoms with Crippen LogP contribution in [0, 0.1) is 5.41 Å². The molecule has 0 bridgehead atoms. The van der Waals surface area contributed by atoms with Crippen molar-refractivity contribution in [1.82, 2.24) is 4.90 Å². The van der Waals surface area contributed by atoms with Crippen LogP contribution in [0.2, 0.25) is 0 Å². The number of carbonyl (C=O) groups is 1. The topological polar surface area (TPSA) is 49.6 Å². The minimum Gasteiger partial charge on any atom is -0.399 e. The summed E-state index contributed by atoms with van der Waals surface area (Å²) in [5.74, 6) is 0.0848. The van der Waals surface area contributed by atoms with Crippen LogP contribution in [0.25, 0.3) is 0 Å². The van der Waals surface area contributed by atoms with Crippen molar-refractivity contribution in [3.8, 4) is 0 Å². The van der Waals surface area contributed by atoms with E-state index in [-0.39, 0.29) is 11.3 Å². The first-order valence-corrected chi connectivity index (χ1v) is 6.66. The maximum absolute atomic E-state index is 12.7. The van der Waals surface area contributed by atoms with Crippen molar-refractivity contribution >= 4 is 17.3 Å². The molecule has 1 saturated heterocycles. The number of hydrogen-bond donors (Lipinski definition) is 1. The molecule has 4 heteroatoms. The molecule has 0 saturated carbocycles. The van der Waals surface area contributed by atoms with Crippen LogP contribution in [0.15, 0.2) is 18.2 Å². The van der Waals surface area contributed by atoms with E-state index in [2.05, 4.69) is 13.8 Å². The Morgan fingerprint density at radius 2 is 2.05 bits per heavy atom. The Morgan fingerprint density at radius 1 is 1.37 bits per heavy atom. The molecule has 1 aromatic rings. The Bertz CT molecular complexity index is 494. The number of likely N-dealkylation sites (tertiary alicyclic amines) is 1. The highest BCUT2D eigenvalue weighted by Crippen LogP contribution is 2.31. The fraction of sp³-hybridized carbons (Fsp3) is 0.533. The molecule has 1 aliphatic heterocycles. The summed E-state index contributed by atoms with van der Waals surface area (Å²) in [6.45, 7) is 6.04. The van der Waals surface area contributed by atoms with Crippen LogP contribution in [0.1, 0.15) is 30.6 Å². The van der Waals surface area contributed by atoms with Crippen molar-refractivity contribution in [2.45, 2.75) is 20.3 Å².